The predicted molar refractivity (Wildman–Crippen MR) is 124 cm³/mol. The van der Waals surface area contributed by atoms with Gasteiger partial charge in [-0.2, -0.15) is 5.26 Å². The summed E-state index contributed by atoms with van der Waals surface area (Å²) in [6.07, 6.45) is 5.33. The molecule has 2 aromatic rings. The SMILES string of the molecule is COC(=O)c1c(NC(=O)CCSc2nc(C)c(C)c(C)c2C#N)sc2c1CCCCC2. The van der Waals surface area contributed by atoms with E-state index >= 15 is 0 Å². The Kier molecular flexibility index (Phi) is 7.74. The molecule has 6 nitrogen and oxygen atoms in total. The fourth-order valence-electron chi connectivity index (χ4n) is 3.73. The number of hydrogen-bond donors (Lipinski definition) is 1. The number of esters is 1. The van der Waals surface area contributed by atoms with Gasteiger partial charge in [-0.3, -0.25) is 4.79 Å². The first-order chi connectivity index (χ1) is 14.9. The molecule has 0 unspecified atom stereocenters. The van der Waals surface area contributed by atoms with Gasteiger partial charge in [0.2, 0.25) is 5.91 Å². The summed E-state index contributed by atoms with van der Waals surface area (Å²) in [6.45, 7) is 5.81. The second kappa shape index (κ2) is 10.3. The summed E-state index contributed by atoms with van der Waals surface area (Å²) in [7, 11) is 1.37. The highest BCUT2D eigenvalue weighted by atomic mass is 32.2. The Labute approximate surface area is 191 Å². The molecular weight excluding hydrogens is 430 g/mol. The lowest BCUT2D eigenvalue weighted by atomic mass is 10.1. The van der Waals surface area contributed by atoms with Gasteiger partial charge in [0.1, 0.15) is 16.1 Å². The number of methoxy groups -OCH3 is 1. The van der Waals surface area contributed by atoms with Gasteiger partial charge in [0.25, 0.3) is 0 Å². The van der Waals surface area contributed by atoms with E-state index in [1.54, 1.807) is 0 Å². The molecule has 1 N–H and O–H groups in total. The molecule has 1 aliphatic carbocycles. The number of anilines is 1. The molecule has 164 valence electrons. The lowest BCUT2D eigenvalue weighted by molar-refractivity contribution is -0.115. The smallest absolute Gasteiger partial charge is 0.341 e. The van der Waals surface area contributed by atoms with Gasteiger partial charge < -0.3 is 10.1 Å². The zero-order valence-corrected chi connectivity index (χ0v) is 20.0. The lowest BCUT2D eigenvalue weighted by Gasteiger charge is -2.11. The number of ether oxygens (including phenoxy) is 1. The number of thiophene rings is 1. The number of thioether (sulfide) groups is 1. The minimum absolute atomic E-state index is 0.159. The van der Waals surface area contributed by atoms with Crippen molar-refractivity contribution in [3.63, 3.8) is 0 Å². The number of fused-ring (bicyclic) bond motifs is 1. The molecule has 1 amide bonds. The Morgan fingerprint density at radius 2 is 1.94 bits per heavy atom. The van der Waals surface area contributed by atoms with Crippen molar-refractivity contribution in [1.29, 1.82) is 5.26 Å². The molecule has 3 rings (SSSR count). The molecule has 1 aliphatic rings. The Hall–Kier alpha value is -2.37. The Balaban J connectivity index is 1.70. The molecule has 0 aliphatic heterocycles. The summed E-state index contributed by atoms with van der Waals surface area (Å²) >= 11 is 2.90. The van der Waals surface area contributed by atoms with E-state index in [9.17, 15) is 14.9 Å². The minimum Gasteiger partial charge on any atom is -0.465 e. The van der Waals surface area contributed by atoms with Crippen molar-refractivity contribution in [1.82, 2.24) is 4.98 Å². The monoisotopic (exact) mass is 457 g/mol. The Morgan fingerprint density at radius 1 is 1.19 bits per heavy atom. The van der Waals surface area contributed by atoms with Crippen molar-refractivity contribution in [2.45, 2.75) is 64.3 Å². The predicted octanol–water partition coefficient (Wildman–Crippen LogP) is 5.12. The van der Waals surface area contributed by atoms with Crippen LogP contribution in [0.3, 0.4) is 0 Å². The van der Waals surface area contributed by atoms with E-state index in [1.807, 2.05) is 20.8 Å². The summed E-state index contributed by atoms with van der Waals surface area (Å²) in [5.41, 5.74) is 4.97. The van der Waals surface area contributed by atoms with Gasteiger partial charge >= 0.3 is 5.97 Å². The van der Waals surface area contributed by atoms with Gasteiger partial charge in [0.05, 0.1) is 18.2 Å². The molecule has 0 radical (unpaired) electrons. The number of nitrogens with one attached hydrogen (secondary N) is 1. The van der Waals surface area contributed by atoms with Crippen LogP contribution in [0.25, 0.3) is 0 Å². The van der Waals surface area contributed by atoms with Crippen molar-refractivity contribution < 1.29 is 14.3 Å². The van der Waals surface area contributed by atoms with Crippen LogP contribution in [0, 0.1) is 32.1 Å². The average molecular weight is 458 g/mol. The highest BCUT2D eigenvalue weighted by Gasteiger charge is 2.26. The maximum atomic E-state index is 12.6. The first kappa shape index (κ1) is 23.3. The summed E-state index contributed by atoms with van der Waals surface area (Å²) in [5.74, 6) is -0.0562. The third-order valence-electron chi connectivity index (χ3n) is 5.71. The van der Waals surface area contributed by atoms with E-state index < -0.39 is 5.97 Å². The van der Waals surface area contributed by atoms with E-state index in [1.165, 1.54) is 35.1 Å². The molecular formula is C23H27N3O3S2. The fourth-order valence-corrected chi connectivity index (χ4v) is 6.04. The van der Waals surface area contributed by atoms with E-state index in [2.05, 4.69) is 16.4 Å². The van der Waals surface area contributed by atoms with Gasteiger partial charge in [-0.1, -0.05) is 6.42 Å². The fraction of sp³-hybridized carbons (Fsp3) is 0.478. The molecule has 0 fully saturated rings. The lowest BCUT2D eigenvalue weighted by Crippen LogP contribution is -2.15. The maximum Gasteiger partial charge on any atom is 0.341 e. The number of rotatable bonds is 6. The summed E-state index contributed by atoms with van der Waals surface area (Å²) in [5, 5.41) is 13.7. The average Bonchev–Trinajstić information content (AvgIpc) is 2.91. The normalized spacial score (nSPS) is 13.1. The second-order valence-electron chi connectivity index (χ2n) is 7.65. The number of hydrogen-bond acceptors (Lipinski definition) is 7. The van der Waals surface area contributed by atoms with Crippen LogP contribution in [0.4, 0.5) is 5.00 Å². The van der Waals surface area contributed by atoms with Crippen LogP contribution in [0.1, 0.15) is 68.9 Å². The topological polar surface area (TPSA) is 92.1 Å². The van der Waals surface area contributed by atoms with Crippen LogP contribution >= 0.6 is 23.1 Å². The standard InChI is InChI=1S/C23H27N3O3S2/c1-13-14(2)17(12-24)21(25-15(13)3)30-11-10-19(27)26-22-20(23(28)29-4)16-8-6-5-7-9-18(16)31-22/h5-11H2,1-4H3,(H,26,27). The quantitative estimate of drug-likeness (QED) is 0.368. The third-order valence-corrected chi connectivity index (χ3v) is 7.89. The van der Waals surface area contributed by atoms with Crippen LogP contribution in [0.15, 0.2) is 5.03 Å². The highest BCUT2D eigenvalue weighted by molar-refractivity contribution is 7.99. The van der Waals surface area contributed by atoms with Crippen LogP contribution in [0.2, 0.25) is 0 Å². The summed E-state index contributed by atoms with van der Waals surface area (Å²) in [4.78, 5) is 30.8. The zero-order chi connectivity index (χ0) is 22.5. The number of nitriles is 1. The van der Waals surface area contributed by atoms with Gasteiger partial charge in [0.15, 0.2) is 0 Å². The highest BCUT2D eigenvalue weighted by Crippen LogP contribution is 2.38. The van der Waals surface area contributed by atoms with E-state index in [0.29, 0.717) is 26.9 Å². The van der Waals surface area contributed by atoms with E-state index in [4.69, 9.17) is 4.74 Å². The van der Waals surface area contributed by atoms with Crippen LogP contribution in [-0.4, -0.2) is 29.7 Å². The third kappa shape index (κ3) is 5.10. The molecule has 0 aromatic carbocycles. The van der Waals surface area contributed by atoms with Crippen molar-refractivity contribution in [3.8, 4) is 6.07 Å². The van der Waals surface area contributed by atoms with Crippen LogP contribution in [0.5, 0.6) is 0 Å². The second-order valence-corrected chi connectivity index (χ2v) is 9.83. The molecule has 0 atom stereocenters. The minimum atomic E-state index is -0.391. The first-order valence-electron chi connectivity index (χ1n) is 10.4. The molecule has 31 heavy (non-hydrogen) atoms. The zero-order valence-electron chi connectivity index (χ0n) is 18.4. The summed E-state index contributed by atoms with van der Waals surface area (Å²) < 4.78 is 4.99. The summed E-state index contributed by atoms with van der Waals surface area (Å²) in [6, 6.07) is 2.24. The van der Waals surface area contributed by atoms with Gasteiger partial charge in [-0.25, -0.2) is 9.78 Å². The molecule has 0 saturated heterocycles. The van der Waals surface area contributed by atoms with E-state index in [-0.39, 0.29) is 12.3 Å². The molecule has 0 bridgehead atoms. The molecule has 2 aromatic heterocycles. The first-order valence-corrected chi connectivity index (χ1v) is 12.2. The molecule has 2 heterocycles. The van der Waals surface area contributed by atoms with Crippen LogP contribution in [-0.2, 0) is 22.4 Å². The number of nitrogens with zero attached hydrogens (tertiary/aromatic N) is 2. The molecule has 0 saturated carbocycles. The van der Waals surface area contributed by atoms with Crippen molar-refractivity contribution >= 4 is 40.0 Å². The van der Waals surface area contributed by atoms with Gasteiger partial charge in [0, 0.05) is 22.7 Å². The van der Waals surface area contributed by atoms with Crippen LogP contribution < -0.4 is 5.32 Å². The van der Waals surface area contributed by atoms with Crippen molar-refractivity contribution in [2.75, 3.05) is 18.2 Å². The molecule has 0 spiro atoms. The van der Waals surface area contributed by atoms with Gasteiger partial charge in [-0.15, -0.1) is 23.1 Å². The van der Waals surface area contributed by atoms with E-state index in [0.717, 1.165) is 54.5 Å². The van der Waals surface area contributed by atoms with Crippen molar-refractivity contribution in [2.24, 2.45) is 0 Å². The number of amides is 1. The van der Waals surface area contributed by atoms with Gasteiger partial charge in [-0.05, 0) is 63.1 Å². The Morgan fingerprint density at radius 3 is 2.65 bits per heavy atom. The molecule has 8 heteroatoms. The Bertz CT molecular complexity index is 1050. The number of pyridine rings is 1. The number of carbonyl (C=O) groups is 2. The number of aryl methyl sites for hydroxylation is 2. The maximum absolute atomic E-state index is 12.6. The number of carbonyl (C=O) groups excluding carboxylic acids is 2. The largest absolute Gasteiger partial charge is 0.465 e. The number of aromatic nitrogens is 1. The van der Waals surface area contributed by atoms with Crippen molar-refractivity contribution in [3.05, 3.63) is 38.4 Å².